The van der Waals surface area contributed by atoms with Crippen LogP contribution in [0.15, 0.2) is 70.5 Å². The van der Waals surface area contributed by atoms with E-state index < -0.39 is 20.2 Å². The molecule has 61 heavy (non-hydrogen) atoms. The molecule has 0 N–H and O–H groups in total. The molecule has 0 atom stereocenters. The first kappa shape index (κ1) is 55.6. The molecule has 0 bridgehead atoms. The molecule has 4 aromatic rings. The standard InChI is InChI=1S/2C26H40O3S.Ca/c2*1-3-5-7-9-11-13-17-22-21-23-18-15-16-20-25(23)26(30(27,28)29)24(22)19-14-12-10-8-6-4-2;/h2*15-16,18,20-21H,3-14,17,19H2,1-2H3,(H,27,28,29);/q;;+2/p-2. The zero-order chi connectivity index (χ0) is 43.6. The van der Waals surface area contributed by atoms with Gasteiger partial charge >= 0.3 is 37.7 Å². The fourth-order valence-corrected chi connectivity index (χ4v) is 10.7. The van der Waals surface area contributed by atoms with Gasteiger partial charge in [0.15, 0.2) is 0 Å². The van der Waals surface area contributed by atoms with Crippen LogP contribution in [0.3, 0.4) is 0 Å². The zero-order valence-corrected chi connectivity index (χ0v) is 42.4. The van der Waals surface area contributed by atoms with E-state index in [0.717, 1.165) is 97.2 Å². The molecule has 9 heteroatoms. The van der Waals surface area contributed by atoms with Crippen molar-refractivity contribution in [3.63, 3.8) is 0 Å². The number of hydrogen-bond acceptors (Lipinski definition) is 6. The molecule has 0 fully saturated rings. The Kier molecular flexibility index (Phi) is 28.6. The van der Waals surface area contributed by atoms with Gasteiger partial charge in [0.1, 0.15) is 20.2 Å². The first-order chi connectivity index (χ1) is 29.0. The van der Waals surface area contributed by atoms with Gasteiger partial charge in [-0.2, -0.15) is 0 Å². The molecular weight excluding hydrogens is 825 g/mol. The van der Waals surface area contributed by atoms with Crippen LogP contribution >= 0.6 is 0 Å². The van der Waals surface area contributed by atoms with E-state index in [1.54, 1.807) is 12.1 Å². The predicted molar refractivity (Wildman–Crippen MR) is 258 cm³/mol. The molecule has 0 radical (unpaired) electrons. The summed E-state index contributed by atoms with van der Waals surface area (Å²) in [5.74, 6) is 0. The number of hydrogen-bond donors (Lipinski definition) is 0. The van der Waals surface area contributed by atoms with Crippen LogP contribution in [0.2, 0.25) is 0 Å². The summed E-state index contributed by atoms with van der Waals surface area (Å²) in [5, 5.41) is 2.89. The molecule has 6 nitrogen and oxygen atoms in total. The molecule has 4 rings (SSSR count). The average Bonchev–Trinajstić information content (AvgIpc) is 3.22. The second-order valence-electron chi connectivity index (χ2n) is 17.1. The van der Waals surface area contributed by atoms with Crippen molar-refractivity contribution in [3.05, 3.63) is 82.9 Å². The Labute approximate surface area is 402 Å². The fraction of sp³-hybridized carbons (Fsp3) is 0.615. The van der Waals surface area contributed by atoms with E-state index in [4.69, 9.17) is 0 Å². The van der Waals surface area contributed by atoms with Gasteiger partial charge in [-0.3, -0.25) is 0 Å². The van der Waals surface area contributed by atoms with Gasteiger partial charge in [-0.05, 0) is 95.2 Å². The monoisotopic (exact) mass is 902 g/mol. The van der Waals surface area contributed by atoms with E-state index in [2.05, 4.69) is 39.8 Å². The fourth-order valence-electron chi connectivity index (χ4n) is 8.75. The van der Waals surface area contributed by atoms with E-state index in [-0.39, 0.29) is 47.5 Å². The maximum atomic E-state index is 12.3. The Bertz CT molecular complexity index is 1900. The first-order valence-electron chi connectivity index (χ1n) is 24.0. The molecule has 0 unspecified atom stereocenters. The van der Waals surface area contributed by atoms with Crippen LogP contribution in [0.4, 0.5) is 0 Å². The molecular formula is C52H78CaO6S2. The summed E-state index contributed by atoms with van der Waals surface area (Å²) >= 11 is 0. The molecule has 4 aromatic carbocycles. The van der Waals surface area contributed by atoms with Crippen molar-refractivity contribution in [2.45, 2.75) is 217 Å². The molecule has 0 aliphatic carbocycles. The van der Waals surface area contributed by atoms with Crippen molar-refractivity contribution in [2.75, 3.05) is 0 Å². The molecule has 0 aliphatic rings. The van der Waals surface area contributed by atoms with Crippen molar-refractivity contribution in [2.24, 2.45) is 0 Å². The topological polar surface area (TPSA) is 114 Å². The zero-order valence-electron chi connectivity index (χ0n) is 38.5. The van der Waals surface area contributed by atoms with Crippen molar-refractivity contribution in [1.82, 2.24) is 0 Å². The molecule has 0 heterocycles. The third kappa shape index (κ3) is 20.0. The van der Waals surface area contributed by atoms with E-state index in [1.165, 1.54) is 103 Å². The second kappa shape index (κ2) is 31.4. The van der Waals surface area contributed by atoms with E-state index >= 15 is 0 Å². The van der Waals surface area contributed by atoms with Crippen LogP contribution < -0.4 is 0 Å². The van der Waals surface area contributed by atoms with Crippen LogP contribution in [0.25, 0.3) is 21.5 Å². The van der Waals surface area contributed by atoms with E-state index in [1.807, 2.05) is 36.4 Å². The summed E-state index contributed by atoms with van der Waals surface area (Å²) in [6, 6.07) is 19.1. The molecule has 0 amide bonds. The Morgan fingerprint density at radius 2 is 0.639 bits per heavy atom. The SMILES string of the molecule is CCCCCCCCc1cc2ccccc2c(S(=O)(=O)[O-])c1CCCCCCCC.CCCCCCCCc1cc2ccccc2c(S(=O)(=O)[O-])c1CCCCCCCC.[Ca+2]. The quantitative estimate of drug-likeness (QED) is 0.0292. The Morgan fingerprint density at radius 3 is 0.934 bits per heavy atom. The normalized spacial score (nSPS) is 11.8. The van der Waals surface area contributed by atoms with Crippen molar-refractivity contribution in [3.8, 4) is 0 Å². The summed E-state index contributed by atoms with van der Waals surface area (Å²) in [6.07, 6.45) is 31.2. The van der Waals surface area contributed by atoms with Crippen molar-refractivity contribution >= 4 is 79.5 Å². The number of unbranched alkanes of at least 4 members (excludes halogenated alkanes) is 20. The molecule has 0 saturated carbocycles. The summed E-state index contributed by atoms with van der Waals surface area (Å²) in [7, 11) is -9.05. The minimum atomic E-state index is -4.53. The van der Waals surface area contributed by atoms with Crippen LogP contribution in [0.1, 0.15) is 204 Å². The number of fused-ring (bicyclic) bond motifs is 2. The maximum absolute atomic E-state index is 12.3. The molecule has 336 valence electrons. The minimum Gasteiger partial charge on any atom is -0.744 e. The number of rotatable bonds is 30. The van der Waals surface area contributed by atoms with Crippen LogP contribution in [-0.4, -0.2) is 63.7 Å². The second-order valence-corrected chi connectivity index (χ2v) is 19.7. The van der Waals surface area contributed by atoms with Crippen molar-refractivity contribution in [1.29, 1.82) is 0 Å². The predicted octanol–water partition coefficient (Wildman–Crippen LogP) is 14.7. The van der Waals surface area contributed by atoms with E-state index in [0.29, 0.717) is 23.6 Å². The van der Waals surface area contributed by atoms with Crippen molar-refractivity contribution < 1.29 is 25.9 Å². The van der Waals surface area contributed by atoms with Crippen LogP contribution in [0, 0.1) is 0 Å². The molecule has 0 spiro atoms. The Hall–Kier alpha value is -1.52. The van der Waals surface area contributed by atoms with Gasteiger partial charge < -0.3 is 9.11 Å². The summed E-state index contributed by atoms with van der Waals surface area (Å²) in [4.78, 5) is 0.0743. The average molecular weight is 903 g/mol. The smallest absolute Gasteiger partial charge is 0.744 e. The van der Waals surface area contributed by atoms with E-state index in [9.17, 15) is 25.9 Å². The largest absolute Gasteiger partial charge is 2.00 e. The van der Waals surface area contributed by atoms with Gasteiger partial charge in [0.2, 0.25) is 0 Å². The van der Waals surface area contributed by atoms with Gasteiger partial charge in [0.05, 0.1) is 9.79 Å². The molecule has 0 aromatic heterocycles. The van der Waals surface area contributed by atoms with Crippen LogP contribution in [-0.2, 0) is 45.9 Å². The number of aryl methyl sites for hydroxylation is 2. The number of benzene rings is 4. The molecule has 0 saturated heterocycles. The maximum Gasteiger partial charge on any atom is 2.00 e. The van der Waals surface area contributed by atoms with Gasteiger partial charge in [-0.15, -0.1) is 0 Å². The van der Waals surface area contributed by atoms with Gasteiger partial charge in [0, 0.05) is 0 Å². The summed E-state index contributed by atoms with van der Waals surface area (Å²) < 4.78 is 73.7. The summed E-state index contributed by atoms with van der Waals surface area (Å²) in [6.45, 7) is 8.84. The van der Waals surface area contributed by atoms with Gasteiger partial charge in [0.25, 0.3) is 0 Å². The molecule has 0 aliphatic heterocycles. The first-order valence-corrected chi connectivity index (χ1v) is 26.8. The van der Waals surface area contributed by atoms with Gasteiger partial charge in [-0.25, -0.2) is 16.8 Å². The van der Waals surface area contributed by atoms with Gasteiger partial charge in [-0.1, -0.05) is 217 Å². The van der Waals surface area contributed by atoms with Crippen LogP contribution in [0.5, 0.6) is 0 Å². The minimum absolute atomic E-state index is 0. The summed E-state index contributed by atoms with van der Waals surface area (Å²) in [5.41, 5.74) is 3.69. The Balaban J connectivity index is 0.000000413. The Morgan fingerprint density at radius 1 is 0.377 bits per heavy atom. The third-order valence-corrected chi connectivity index (χ3v) is 14.0. The third-order valence-electron chi connectivity index (χ3n) is 12.1.